The van der Waals surface area contributed by atoms with E-state index in [9.17, 15) is 9.59 Å². The molecule has 6 nitrogen and oxygen atoms in total. The number of carbonyl (C=O) groups is 2. The van der Waals surface area contributed by atoms with Gasteiger partial charge in [-0.25, -0.2) is 4.79 Å². The molecule has 1 fully saturated rings. The highest BCUT2D eigenvalue weighted by molar-refractivity contribution is 6.10. The minimum absolute atomic E-state index is 0.257. The molecule has 3 amide bonds. The molecule has 0 saturated carbocycles. The number of rotatable bonds is 1. The Hall–Kier alpha value is -2.63. The van der Waals surface area contributed by atoms with Gasteiger partial charge in [-0.15, -0.1) is 0 Å². The first kappa shape index (κ1) is 11.5. The van der Waals surface area contributed by atoms with Crippen molar-refractivity contribution < 1.29 is 9.59 Å². The molecule has 0 atom stereocenters. The lowest BCUT2D eigenvalue weighted by molar-refractivity contribution is -0.120. The van der Waals surface area contributed by atoms with Crippen molar-refractivity contribution in [3.8, 4) is 0 Å². The average Bonchev–Trinajstić information content (AvgIpc) is 2.38. The van der Waals surface area contributed by atoms with Crippen LogP contribution in [0.3, 0.4) is 0 Å². The molecule has 2 heterocycles. The molecule has 1 aromatic carbocycles. The highest BCUT2D eigenvalue weighted by Gasteiger charge is 2.25. The smallest absolute Gasteiger partial charge is 0.328 e. The Balaban J connectivity index is 2.14. The van der Waals surface area contributed by atoms with E-state index in [1.165, 1.54) is 4.90 Å². The number of fused-ring (bicyclic) bond motifs is 1. The lowest BCUT2D eigenvalue weighted by Gasteiger charge is -2.27. The molecule has 6 heteroatoms. The van der Waals surface area contributed by atoms with Gasteiger partial charge in [0.1, 0.15) is 0 Å². The molecule has 2 aromatic rings. The van der Waals surface area contributed by atoms with Gasteiger partial charge < -0.3 is 5.73 Å². The molecule has 0 radical (unpaired) electrons. The number of urea groups is 1. The standard InChI is InChI=1S/C13H12N4O2/c14-8-6-10-9(2-1-4-15-10)11(7-8)17-5-3-12(18)16-13(17)19/h1-2,4,6-7H,3,5,14H2,(H,16,18,19). The summed E-state index contributed by atoms with van der Waals surface area (Å²) < 4.78 is 0. The summed E-state index contributed by atoms with van der Waals surface area (Å²) in [4.78, 5) is 28.8. The van der Waals surface area contributed by atoms with Gasteiger partial charge in [0.2, 0.25) is 5.91 Å². The third-order valence-corrected chi connectivity index (χ3v) is 3.07. The van der Waals surface area contributed by atoms with Crippen molar-refractivity contribution in [3.63, 3.8) is 0 Å². The normalized spacial score (nSPS) is 15.7. The number of anilines is 2. The van der Waals surface area contributed by atoms with Crippen LogP contribution in [-0.2, 0) is 4.79 Å². The third kappa shape index (κ3) is 1.97. The first-order valence-corrected chi connectivity index (χ1v) is 5.91. The highest BCUT2D eigenvalue weighted by atomic mass is 16.2. The zero-order valence-corrected chi connectivity index (χ0v) is 10.1. The Morgan fingerprint density at radius 1 is 1.32 bits per heavy atom. The molecule has 1 saturated heterocycles. The monoisotopic (exact) mass is 256 g/mol. The SMILES string of the molecule is Nc1cc(N2CCC(=O)NC2=O)c2cccnc2c1. The summed E-state index contributed by atoms with van der Waals surface area (Å²) in [6.07, 6.45) is 1.95. The zero-order valence-electron chi connectivity index (χ0n) is 10.1. The molecule has 1 aliphatic heterocycles. The van der Waals surface area contributed by atoms with Crippen molar-refractivity contribution in [1.82, 2.24) is 10.3 Å². The maximum absolute atomic E-state index is 11.9. The van der Waals surface area contributed by atoms with Crippen molar-refractivity contribution >= 4 is 34.2 Å². The molecule has 96 valence electrons. The van der Waals surface area contributed by atoms with Gasteiger partial charge in [-0.1, -0.05) is 0 Å². The van der Waals surface area contributed by atoms with E-state index in [2.05, 4.69) is 10.3 Å². The fourth-order valence-corrected chi connectivity index (χ4v) is 2.20. The number of imide groups is 1. The average molecular weight is 256 g/mol. The van der Waals surface area contributed by atoms with E-state index in [0.717, 1.165) is 10.9 Å². The molecule has 1 aromatic heterocycles. The number of nitrogens with two attached hydrogens (primary N) is 1. The lowest BCUT2D eigenvalue weighted by atomic mass is 10.1. The molecule has 3 N–H and O–H groups in total. The van der Waals surface area contributed by atoms with E-state index in [0.29, 0.717) is 17.9 Å². The molecular weight excluding hydrogens is 244 g/mol. The van der Waals surface area contributed by atoms with Crippen LogP contribution in [0.2, 0.25) is 0 Å². The fourth-order valence-electron chi connectivity index (χ4n) is 2.20. The van der Waals surface area contributed by atoms with Crippen molar-refractivity contribution in [2.24, 2.45) is 0 Å². The zero-order chi connectivity index (χ0) is 13.4. The van der Waals surface area contributed by atoms with Crippen LogP contribution in [0.15, 0.2) is 30.5 Å². The van der Waals surface area contributed by atoms with Gasteiger partial charge in [0.15, 0.2) is 0 Å². The van der Waals surface area contributed by atoms with Crippen molar-refractivity contribution in [3.05, 3.63) is 30.5 Å². The molecule has 19 heavy (non-hydrogen) atoms. The number of pyridine rings is 1. The van der Waals surface area contributed by atoms with Gasteiger partial charge in [0.25, 0.3) is 0 Å². The number of nitrogens with one attached hydrogen (secondary N) is 1. The third-order valence-electron chi connectivity index (χ3n) is 3.07. The second-order valence-corrected chi connectivity index (χ2v) is 4.37. The first-order chi connectivity index (χ1) is 9.15. The van der Waals surface area contributed by atoms with E-state index in [1.807, 2.05) is 6.07 Å². The number of aromatic nitrogens is 1. The number of hydrogen-bond acceptors (Lipinski definition) is 4. The van der Waals surface area contributed by atoms with Gasteiger partial charge in [-0.05, 0) is 24.3 Å². The summed E-state index contributed by atoms with van der Waals surface area (Å²) in [6.45, 7) is 0.345. The highest BCUT2D eigenvalue weighted by Crippen LogP contribution is 2.29. The molecule has 0 aliphatic carbocycles. The number of amides is 3. The fraction of sp³-hybridized carbons (Fsp3) is 0.154. The Bertz CT molecular complexity index is 683. The van der Waals surface area contributed by atoms with Crippen LogP contribution >= 0.6 is 0 Å². The van der Waals surface area contributed by atoms with E-state index in [1.54, 1.807) is 24.4 Å². The second-order valence-electron chi connectivity index (χ2n) is 4.37. The Kier molecular flexibility index (Phi) is 2.56. The molecule has 3 rings (SSSR count). The number of carbonyl (C=O) groups excluding carboxylic acids is 2. The predicted molar refractivity (Wildman–Crippen MR) is 71.7 cm³/mol. The van der Waals surface area contributed by atoms with E-state index in [-0.39, 0.29) is 12.3 Å². The van der Waals surface area contributed by atoms with Gasteiger partial charge in [-0.3, -0.25) is 20.0 Å². The minimum Gasteiger partial charge on any atom is -0.399 e. The summed E-state index contributed by atoms with van der Waals surface area (Å²) in [6, 6.07) is 6.73. The Morgan fingerprint density at radius 2 is 2.16 bits per heavy atom. The van der Waals surface area contributed by atoms with Crippen LogP contribution in [0.1, 0.15) is 6.42 Å². The first-order valence-electron chi connectivity index (χ1n) is 5.91. The number of nitrogens with zero attached hydrogens (tertiary/aromatic N) is 2. The van der Waals surface area contributed by atoms with Crippen LogP contribution < -0.4 is 16.0 Å². The number of hydrogen-bond donors (Lipinski definition) is 2. The van der Waals surface area contributed by atoms with Crippen LogP contribution in [0.4, 0.5) is 16.2 Å². The Labute approximate surface area is 109 Å². The van der Waals surface area contributed by atoms with Gasteiger partial charge >= 0.3 is 6.03 Å². The predicted octanol–water partition coefficient (Wildman–Crippen LogP) is 1.26. The lowest BCUT2D eigenvalue weighted by Crippen LogP contribution is -2.49. The molecule has 0 spiro atoms. The molecule has 0 unspecified atom stereocenters. The van der Waals surface area contributed by atoms with Crippen molar-refractivity contribution in [2.75, 3.05) is 17.2 Å². The quantitative estimate of drug-likeness (QED) is 0.752. The van der Waals surface area contributed by atoms with E-state index >= 15 is 0 Å². The number of benzene rings is 1. The maximum Gasteiger partial charge on any atom is 0.328 e. The van der Waals surface area contributed by atoms with Gasteiger partial charge in [0, 0.05) is 30.2 Å². The summed E-state index contributed by atoms with van der Waals surface area (Å²) in [5.41, 5.74) is 7.77. The molecule has 1 aliphatic rings. The van der Waals surface area contributed by atoms with Gasteiger partial charge in [-0.2, -0.15) is 0 Å². The summed E-state index contributed by atoms with van der Waals surface area (Å²) in [5.74, 6) is -0.257. The molecular formula is C13H12N4O2. The van der Waals surface area contributed by atoms with Crippen LogP contribution in [0.25, 0.3) is 10.9 Å². The van der Waals surface area contributed by atoms with Crippen molar-refractivity contribution in [1.29, 1.82) is 0 Å². The van der Waals surface area contributed by atoms with Gasteiger partial charge in [0.05, 0.1) is 11.2 Å². The van der Waals surface area contributed by atoms with E-state index in [4.69, 9.17) is 5.73 Å². The summed E-state index contributed by atoms with van der Waals surface area (Å²) in [5, 5.41) is 3.13. The van der Waals surface area contributed by atoms with E-state index < -0.39 is 6.03 Å². The second kappa shape index (κ2) is 4.24. The largest absolute Gasteiger partial charge is 0.399 e. The number of nitrogen functional groups attached to an aromatic ring is 1. The maximum atomic E-state index is 11.9. The Morgan fingerprint density at radius 3 is 2.95 bits per heavy atom. The molecule has 0 bridgehead atoms. The van der Waals surface area contributed by atoms with Crippen molar-refractivity contribution in [2.45, 2.75) is 6.42 Å². The minimum atomic E-state index is -0.424. The van der Waals surface area contributed by atoms with Crippen LogP contribution in [0, 0.1) is 0 Å². The summed E-state index contributed by atoms with van der Waals surface area (Å²) in [7, 11) is 0. The topological polar surface area (TPSA) is 88.3 Å². The summed E-state index contributed by atoms with van der Waals surface area (Å²) >= 11 is 0. The van der Waals surface area contributed by atoms with Crippen LogP contribution in [-0.4, -0.2) is 23.5 Å². The van der Waals surface area contributed by atoms with Crippen LogP contribution in [0.5, 0.6) is 0 Å².